The number of aromatic nitrogens is 1. The van der Waals surface area contributed by atoms with Gasteiger partial charge in [0.2, 0.25) is 0 Å². The van der Waals surface area contributed by atoms with E-state index in [4.69, 9.17) is 10.5 Å². The highest BCUT2D eigenvalue weighted by molar-refractivity contribution is 9.10. The second-order valence-electron chi connectivity index (χ2n) is 3.88. The van der Waals surface area contributed by atoms with Crippen molar-refractivity contribution >= 4 is 38.2 Å². The van der Waals surface area contributed by atoms with Crippen LogP contribution in [0.4, 0.5) is 11.4 Å². The fraction of sp³-hybridized carbons (Fsp3) is 0.308. The summed E-state index contributed by atoms with van der Waals surface area (Å²) in [5, 5.41) is 4.26. The average Bonchev–Trinajstić information content (AvgIpc) is 2.37. The van der Waals surface area contributed by atoms with Crippen LogP contribution in [-0.2, 0) is 4.74 Å². The first-order valence-corrected chi connectivity index (χ1v) is 6.67. The van der Waals surface area contributed by atoms with Gasteiger partial charge in [-0.3, -0.25) is 4.98 Å². The normalized spacial score (nSPS) is 10.8. The maximum atomic E-state index is 5.96. The first kappa shape index (κ1) is 13.1. The zero-order chi connectivity index (χ0) is 13.0. The minimum absolute atomic E-state index is 0.679. The monoisotopic (exact) mass is 309 g/mol. The molecule has 0 bridgehead atoms. The molecule has 0 saturated heterocycles. The maximum Gasteiger partial charge on any atom is 0.0954 e. The van der Waals surface area contributed by atoms with Gasteiger partial charge in [0.15, 0.2) is 0 Å². The zero-order valence-corrected chi connectivity index (χ0v) is 11.8. The summed E-state index contributed by atoms with van der Waals surface area (Å²) in [6, 6.07) is 5.81. The molecule has 2 aromatic rings. The number of anilines is 2. The van der Waals surface area contributed by atoms with Crippen molar-refractivity contribution in [2.75, 3.05) is 30.8 Å². The lowest BCUT2D eigenvalue weighted by Crippen LogP contribution is -2.09. The van der Waals surface area contributed by atoms with Gasteiger partial charge in [-0.15, -0.1) is 0 Å². The molecule has 1 aromatic heterocycles. The Kier molecular flexibility index (Phi) is 4.38. The zero-order valence-electron chi connectivity index (χ0n) is 10.2. The molecule has 4 nitrogen and oxygen atoms in total. The molecule has 0 aliphatic rings. The van der Waals surface area contributed by atoms with E-state index in [9.17, 15) is 0 Å². The highest BCUT2D eigenvalue weighted by Gasteiger charge is 2.05. The van der Waals surface area contributed by atoms with Gasteiger partial charge in [-0.05, 0) is 41.1 Å². The number of nitrogens with one attached hydrogen (secondary N) is 1. The predicted octanol–water partition coefficient (Wildman–Crippen LogP) is 3.03. The van der Waals surface area contributed by atoms with Crippen LogP contribution < -0.4 is 11.1 Å². The summed E-state index contributed by atoms with van der Waals surface area (Å²) in [5.74, 6) is 0. The number of benzene rings is 1. The van der Waals surface area contributed by atoms with E-state index < -0.39 is 0 Å². The van der Waals surface area contributed by atoms with Gasteiger partial charge in [-0.1, -0.05) is 0 Å². The summed E-state index contributed by atoms with van der Waals surface area (Å²) >= 11 is 3.41. The molecule has 0 fully saturated rings. The second kappa shape index (κ2) is 6.02. The summed E-state index contributed by atoms with van der Waals surface area (Å²) in [6.07, 6.45) is 1.77. The lowest BCUT2D eigenvalue weighted by molar-refractivity contribution is 0.158. The van der Waals surface area contributed by atoms with E-state index in [1.807, 2.05) is 25.1 Å². The number of halogens is 1. The van der Waals surface area contributed by atoms with Crippen molar-refractivity contribution in [3.8, 4) is 0 Å². The fourth-order valence-electron chi connectivity index (χ4n) is 1.76. The van der Waals surface area contributed by atoms with Crippen molar-refractivity contribution in [2.24, 2.45) is 0 Å². The van der Waals surface area contributed by atoms with Gasteiger partial charge in [0.1, 0.15) is 0 Å². The van der Waals surface area contributed by atoms with E-state index >= 15 is 0 Å². The van der Waals surface area contributed by atoms with Gasteiger partial charge >= 0.3 is 0 Å². The fourth-order valence-corrected chi connectivity index (χ4v) is 2.09. The maximum absolute atomic E-state index is 5.96. The number of nitrogens with two attached hydrogens (primary N) is 1. The molecule has 0 atom stereocenters. The van der Waals surface area contributed by atoms with Crippen LogP contribution in [0.25, 0.3) is 10.9 Å². The van der Waals surface area contributed by atoms with Gasteiger partial charge in [0.05, 0.1) is 17.8 Å². The van der Waals surface area contributed by atoms with E-state index in [-0.39, 0.29) is 0 Å². The quantitative estimate of drug-likeness (QED) is 0.658. The Balaban J connectivity index is 2.25. The molecule has 5 heteroatoms. The van der Waals surface area contributed by atoms with Gasteiger partial charge < -0.3 is 15.8 Å². The highest BCUT2D eigenvalue weighted by Crippen LogP contribution is 2.28. The Hall–Kier alpha value is -1.33. The summed E-state index contributed by atoms with van der Waals surface area (Å²) in [4.78, 5) is 4.41. The van der Waals surface area contributed by atoms with Gasteiger partial charge in [0.25, 0.3) is 0 Å². The third-order valence-corrected chi connectivity index (χ3v) is 3.05. The van der Waals surface area contributed by atoms with Crippen LogP contribution in [-0.4, -0.2) is 24.7 Å². The Morgan fingerprint density at radius 2 is 2.28 bits per heavy atom. The van der Waals surface area contributed by atoms with Crippen molar-refractivity contribution in [2.45, 2.75) is 6.92 Å². The van der Waals surface area contributed by atoms with Crippen molar-refractivity contribution < 1.29 is 4.74 Å². The molecule has 0 radical (unpaired) electrons. The van der Waals surface area contributed by atoms with Crippen LogP contribution in [0.5, 0.6) is 0 Å². The lowest BCUT2D eigenvalue weighted by atomic mass is 10.1. The number of nitrogens with zero attached hydrogens (tertiary/aromatic N) is 1. The van der Waals surface area contributed by atoms with Gasteiger partial charge in [-0.2, -0.15) is 0 Å². The molecule has 0 saturated carbocycles. The predicted molar refractivity (Wildman–Crippen MR) is 78.8 cm³/mol. The Morgan fingerprint density at radius 1 is 1.44 bits per heavy atom. The molecule has 0 aliphatic heterocycles. The van der Waals surface area contributed by atoms with Crippen molar-refractivity contribution in [3.05, 3.63) is 28.9 Å². The minimum atomic E-state index is 0.679. The van der Waals surface area contributed by atoms with E-state index in [0.29, 0.717) is 6.61 Å². The summed E-state index contributed by atoms with van der Waals surface area (Å²) in [7, 11) is 0. The number of nitrogen functional groups attached to an aromatic ring is 1. The SMILES string of the molecule is CCOCCNc1ccc(N)c2cc(Br)cnc12. The topological polar surface area (TPSA) is 60.2 Å². The molecule has 1 aromatic carbocycles. The van der Waals surface area contributed by atoms with Crippen molar-refractivity contribution in [1.82, 2.24) is 4.98 Å². The van der Waals surface area contributed by atoms with Crippen molar-refractivity contribution in [3.63, 3.8) is 0 Å². The largest absolute Gasteiger partial charge is 0.398 e. The molecular formula is C13H16BrN3O. The smallest absolute Gasteiger partial charge is 0.0954 e. The van der Waals surface area contributed by atoms with E-state index in [0.717, 1.165) is 39.9 Å². The molecule has 3 N–H and O–H groups in total. The highest BCUT2D eigenvalue weighted by atomic mass is 79.9. The minimum Gasteiger partial charge on any atom is -0.398 e. The first-order valence-electron chi connectivity index (χ1n) is 5.87. The standard InChI is InChI=1S/C13H16BrN3O/c1-2-18-6-5-16-12-4-3-11(15)10-7-9(14)8-17-13(10)12/h3-4,7-8,16H,2,5-6,15H2,1H3. The molecule has 0 aliphatic carbocycles. The van der Waals surface area contributed by atoms with Gasteiger partial charge in [-0.25, -0.2) is 0 Å². The van der Waals surface area contributed by atoms with E-state index in [1.165, 1.54) is 0 Å². The third kappa shape index (κ3) is 2.91. The molecule has 96 valence electrons. The Labute approximate surface area is 115 Å². The lowest BCUT2D eigenvalue weighted by Gasteiger charge is -2.10. The number of rotatable bonds is 5. The van der Waals surface area contributed by atoms with Crippen LogP contribution in [0.3, 0.4) is 0 Å². The summed E-state index contributed by atoms with van der Waals surface area (Å²) in [5.41, 5.74) is 8.55. The Bertz CT molecular complexity index is 545. The number of fused-ring (bicyclic) bond motifs is 1. The molecule has 18 heavy (non-hydrogen) atoms. The molecule has 0 unspecified atom stereocenters. The van der Waals surface area contributed by atoms with E-state index in [1.54, 1.807) is 6.20 Å². The van der Waals surface area contributed by atoms with Crippen molar-refractivity contribution in [1.29, 1.82) is 0 Å². The van der Waals surface area contributed by atoms with Gasteiger partial charge in [0, 0.05) is 34.9 Å². The number of pyridine rings is 1. The van der Waals surface area contributed by atoms with Crippen LogP contribution in [0, 0.1) is 0 Å². The van der Waals surface area contributed by atoms with E-state index in [2.05, 4.69) is 26.2 Å². The summed E-state index contributed by atoms with van der Waals surface area (Å²) < 4.78 is 6.22. The molecule has 2 rings (SSSR count). The summed E-state index contributed by atoms with van der Waals surface area (Å²) in [6.45, 7) is 4.15. The third-order valence-electron chi connectivity index (χ3n) is 2.62. The second-order valence-corrected chi connectivity index (χ2v) is 4.79. The van der Waals surface area contributed by atoms with Crippen LogP contribution in [0.1, 0.15) is 6.92 Å². The number of hydrogen-bond donors (Lipinski definition) is 2. The van der Waals surface area contributed by atoms with Crippen LogP contribution in [0.15, 0.2) is 28.9 Å². The molecule has 0 spiro atoms. The number of ether oxygens (including phenoxy) is 1. The molecule has 1 heterocycles. The average molecular weight is 310 g/mol. The molecule has 0 amide bonds. The first-order chi connectivity index (χ1) is 8.72. The Morgan fingerprint density at radius 3 is 3.06 bits per heavy atom. The van der Waals surface area contributed by atoms with Crippen LogP contribution >= 0.6 is 15.9 Å². The molecular weight excluding hydrogens is 294 g/mol. The van der Waals surface area contributed by atoms with Crippen LogP contribution in [0.2, 0.25) is 0 Å². The number of hydrogen-bond acceptors (Lipinski definition) is 4.